The summed E-state index contributed by atoms with van der Waals surface area (Å²) in [6.45, 7) is 3.57. The van der Waals surface area contributed by atoms with Gasteiger partial charge in [-0.05, 0) is 55.3 Å². The smallest absolute Gasteiger partial charge is 0.160 e. The average Bonchev–Trinajstić information content (AvgIpc) is 3.05. The molecule has 0 amide bonds. The molecule has 0 bridgehead atoms. The van der Waals surface area contributed by atoms with Crippen LogP contribution in [0.5, 0.6) is 5.75 Å². The zero-order chi connectivity index (χ0) is 19.8. The summed E-state index contributed by atoms with van der Waals surface area (Å²) in [5.74, 6) is 0.832. The van der Waals surface area contributed by atoms with Crippen LogP contribution in [0.3, 0.4) is 0 Å². The molecule has 4 nitrogen and oxygen atoms in total. The predicted octanol–water partition coefficient (Wildman–Crippen LogP) is 6.17. The molecule has 5 rings (SSSR count). The fourth-order valence-corrected chi connectivity index (χ4v) is 3.96. The highest BCUT2D eigenvalue weighted by molar-refractivity contribution is 6.30. The van der Waals surface area contributed by atoms with Gasteiger partial charge in [0.2, 0.25) is 0 Å². The third-order valence-electron chi connectivity index (χ3n) is 5.18. The van der Waals surface area contributed by atoms with Gasteiger partial charge in [-0.15, -0.1) is 0 Å². The fourth-order valence-electron chi connectivity index (χ4n) is 3.84. The van der Waals surface area contributed by atoms with Crippen LogP contribution in [0.1, 0.15) is 12.0 Å². The molecule has 29 heavy (non-hydrogen) atoms. The molecular weight excluding hydrogens is 382 g/mol. The zero-order valence-electron chi connectivity index (χ0n) is 16.1. The summed E-state index contributed by atoms with van der Waals surface area (Å²) in [6.07, 6.45) is 0.865. The van der Waals surface area contributed by atoms with Gasteiger partial charge in [0.15, 0.2) is 5.65 Å². The van der Waals surface area contributed by atoms with Gasteiger partial charge in [-0.1, -0.05) is 41.9 Å². The SMILES string of the molecule is Cc1cccc2c3nc4ccccc4nc3n(CCCOc3ccc(Cl)cc3)c12. The third-order valence-corrected chi connectivity index (χ3v) is 5.43. The molecule has 0 fully saturated rings. The second-order valence-corrected chi connectivity index (χ2v) is 7.60. The lowest BCUT2D eigenvalue weighted by Gasteiger charge is -2.10. The van der Waals surface area contributed by atoms with Crippen molar-refractivity contribution < 1.29 is 4.74 Å². The van der Waals surface area contributed by atoms with Crippen molar-refractivity contribution in [3.05, 3.63) is 77.3 Å². The number of para-hydroxylation sites is 3. The summed E-state index contributed by atoms with van der Waals surface area (Å²) in [6, 6.07) is 21.9. The van der Waals surface area contributed by atoms with E-state index in [-0.39, 0.29) is 0 Å². The maximum atomic E-state index is 5.94. The van der Waals surface area contributed by atoms with Crippen LogP contribution in [-0.2, 0) is 6.54 Å². The van der Waals surface area contributed by atoms with Gasteiger partial charge in [-0.3, -0.25) is 0 Å². The van der Waals surface area contributed by atoms with Crippen LogP contribution in [0.2, 0.25) is 5.02 Å². The van der Waals surface area contributed by atoms with Crippen LogP contribution in [0.15, 0.2) is 66.7 Å². The van der Waals surface area contributed by atoms with Crippen LogP contribution >= 0.6 is 11.6 Å². The van der Waals surface area contributed by atoms with Gasteiger partial charge in [-0.2, -0.15) is 0 Å². The Bertz CT molecular complexity index is 1330. The summed E-state index contributed by atoms with van der Waals surface area (Å²) in [5, 5.41) is 1.86. The largest absolute Gasteiger partial charge is 0.494 e. The highest BCUT2D eigenvalue weighted by Gasteiger charge is 2.15. The quantitative estimate of drug-likeness (QED) is 0.331. The molecule has 0 saturated heterocycles. The van der Waals surface area contributed by atoms with Crippen molar-refractivity contribution in [3.8, 4) is 5.75 Å². The van der Waals surface area contributed by atoms with E-state index >= 15 is 0 Å². The lowest BCUT2D eigenvalue weighted by molar-refractivity contribution is 0.303. The molecule has 0 N–H and O–H groups in total. The molecule has 5 aromatic rings. The summed E-state index contributed by atoms with van der Waals surface area (Å²) in [5.41, 5.74) is 6.15. The molecule has 0 aliphatic heterocycles. The van der Waals surface area contributed by atoms with Crippen molar-refractivity contribution >= 4 is 44.7 Å². The van der Waals surface area contributed by atoms with Crippen LogP contribution in [0.4, 0.5) is 0 Å². The predicted molar refractivity (Wildman–Crippen MR) is 119 cm³/mol. The van der Waals surface area contributed by atoms with Crippen LogP contribution in [0, 0.1) is 6.92 Å². The monoisotopic (exact) mass is 401 g/mol. The second-order valence-electron chi connectivity index (χ2n) is 7.16. The topological polar surface area (TPSA) is 39.9 Å². The molecule has 0 radical (unpaired) electrons. The van der Waals surface area contributed by atoms with E-state index < -0.39 is 0 Å². The first-order valence-electron chi connectivity index (χ1n) is 9.73. The normalized spacial score (nSPS) is 11.5. The van der Waals surface area contributed by atoms with Gasteiger partial charge in [0.05, 0.1) is 23.2 Å². The zero-order valence-corrected chi connectivity index (χ0v) is 16.9. The highest BCUT2D eigenvalue weighted by atomic mass is 35.5. The van der Waals surface area contributed by atoms with Gasteiger partial charge in [0.25, 0.3) is 0 Å². The molecule has 2 heterocycles. The molecular formula is C24H20ClN3O. The Labute approximate surface area is 173 Å². The Morgan fingerprint density at radius 2 is 1.66 bits per heavy atom. The van der Waals surface area contributed by atoms with Gasteiger partial charge in [-0.25, -0.2) is 9.97 Å². The van der Waals surface area contributed by atoms with Crippen LogP contribution in [0.25, 0.3) is 33.1 Å². The van der Waals surface area contributed by atoms with E-state index in [0.29, 0.717) is 11.6 Å². The summed E-state index contributed by atoms with van der Waals surface area (Å²) >= 11 is 5.94. The summed E-state index contributed by atoms with van der Waals surface area (Å²) < 4.78 is 8.16. The lowest BCUT2D eigenvalue weighted by Crippen LogP contribution is -2.06. The number of fused-ring (bicyclic) bond motifs is 4. The first kappa shape index (κ1) is 18.0. The Morgan fingerprint density at radius 1 is 0.897 bits per heavy atom. The Hall–Kier alpha value is -3.11. The third kappa shape index (κ3) is 3.30. The highest BCUT2D eigenvalue weighted by Crippen LogP contribution is 2.30. The minimum atomic E-state index is 0.621. The van der Waals surface area contributed by atoms with Gasteiger partial charge >= 0.3 is 0 Å². The van der Waals surface area contributed by atoms with Crippen molar-refractivity contribution in [1.29, 1.82) is 0 Å². The molecule has 0 saturated carbocycles. The van der Waals surface area contributed by atoms with Gasteiger partial charge in [0, 0.05) is 17.0 Å². The number of benzene rings is 3. The molecule has 5 heteroatoms. The minimum absolute atomic E-state index is 0.621. The van der Waals surface area contributed by atoms with Gasteiger partial charge < -0.3 is 9.30 Å². The van der Waals surface area contributed by atoms with E-state index in [0.717, 1.165) is 46.3 Å². The Morgan fingerprint density at radius 3 is 2.45 bits per heavy atom. The molecule has 0 unspecified atom stereocenters. The number of halogens is 1. The van der Waals surface area contributed by atoms with Crippen LogP contribution < -0.4 is 4.74 Å². The molecule has 0 spiro atoms. The molecule has 144 valence electrons. The maximum absolute atomic E-state index is 5.94. The number of hydrogen-bond acceptors (Lipinski definition) is 3. The Balaban J connectivity index is 1.50. The number of hydrogen-bond donors (Lipinski definition) is 0. The standard InChI is InChI=1S/C24H20ClN3O/c1-16-6-4-7-19-22-24(27-21-9-3-2-8-20(21)26-22)28(23(16)19)14-5-15-29-18-12-10-17(25)11-13-18/h2-4,6-13H,5,14-15H2,1H3. The first-order chi connectivity index (χ1) is 14.2. The number of aryl methyl sites for hydroxylation is 2. The van der Waals surface area contributed by atoms with E-state index in [1.807, 2.05) is 48.5 Å². The van der Waals surface area contributed by atoms with E-state index in [1.54, 1.807) is 0 Å². The number of aromatic nitrogens is 3. The molecule has 0 aliphatic rings. The molecule has 3 aromatic carbocycles. The fraction of sp³-hybridized carbons (Fsp3) is 0.167. The average molecular weight is 402 g/mol. The minimum Gasteiger partial charge on any atom is -0.494 e. The number of rotatable bonds is 5. The van der Waals surface area contributed by atoms with Gasteiger partial charge in [0.1, 0.15) is 11.3 Å². The van der Waals surface area contributed by atoms with Crippen molar-refractivity contribution in [2.75, 3.05) is 6.61 Å². The molecule has 0 aliphatic carbocycles. The van der Waals surface area contributed by atoms with E-state index in [1.165, 1.54) is 11.1 Å². The van der Waals surface area contributed by atoms with Crippen LogP contribution in [-0.4, -0.2) is 21.1 Å². The first-order valence-corrected chi connectivity index (χ1v) is 10.1. The maximum Gasteiger partial charge on any atom is 0.160 e. The molecule has 2 aromatic heterocycles. The summed E-state index contributed by atoms with van der Waals surface area (Å²) in [4.78, 5) is 9.87. The van der Waals surface area contributed by atoms with E-state index in [2.05, 4.69) is 29.7 Å². The number of nitrogens with zero attached hydrogens (tertiary/aromatic N) is 3. The molecule has 0 atom stereocenters. The van der Waals surface area contributed by atoms with Crippen molar-refractivity contribution in [2.24, 2.45) is 0 Å². The second kappa shape index (κ2) is 7.37. The van der Waals surface area contributed by atoms with Crippen molar-refractivity contribution in [2.45, 2.75) is 19.9 Å². The number of ether oxygens (including phenoxy) is 1. The van der Waals surface area contributed by atoms with Crippen molar-refractivity contribution in [1.82, 2.24) is 14.5 Å². The Kier molecular flexibility index (Phi) is 4.57. The lowest BCUT2D eigenvalue weighted by atomic mass is 10.1. The van der Waals surface area contributed by atoms with E-state index in [4.69, 9.17) is 26.3 Å². The van der Waals surface area contributed by atoms with Crippen molar-refractivity contribution in [3.63, 3.8) is 0 Å². The van der Waals surface area contributed by atoms with E-state index in [9.17, 15) is 0 Å². The summed E-state index contributed by atoms with van der Waals surface area (Å²) in [7, 11) is 0.